The number of carbonyl (C=O) groups is 1. The van der Waals surface area contributed by atoms with Crippen LogP contribution in [0.1, 0.15) is 43.0 Å². The number of rotatable bonds is 5. The molecule has 1 aliphatic heterocycles. The van der Waals surface area contributed by atoms with E-state index in [1.807, 2.05) is 18.7 Å². The lowest BCUT2D eigenvalue weighted by atomic mass is 10.0. The van der Waals surface area contributed by atoms with E-state index in [0.717, 1.165) is 32.7 Å². The zero-order valence-electron chi connectivity index (χ0n) is 14.2. The highest BCUT2D eigenvalue weighted by Crippen LogP contribution is 2.21. The largest absolute Gasteiger partial charge is 0.381 e. The second kappa shape index (κ2) is 7.63. The van der Waals surface area contributed by atoms with Crippen LogP contribution in [0.2, 0.25) is 0 Å². The number of hydrogen-bond donors (Lipinski definition) is 1. The highest BCUT2D eigenvalue weighted by atomic mass is 16.5. The van der Waals surface area contributed by atoms with E-state index in [0.29, 0.717) is 5.92 Å². The Bertz CT molecular complexity index is 516. The highest BCUT2D eigenvalue weighted by molar-refractivity contribution is 5.75. The quantitative estimate of drug-likeness (QED) is 0.905. The maximum atomic E-state index is 12.4. The molecule has 0 spiro atoms. The zero-order chi connectivity index (χ0) is 16.1. The Hall–Kier alpha value is -1.55. The Kier molecular flexibility index (Phi) is 5.83. The van der Waals surface area contributed by atoms with Gasteiger partial charge in [0, 0.05) is 25.6 Å². The third-order valence-corrected chi connectivity index (χ3v) is 4.37. The summed E-state index contributed by atoms with van der Waals surface area (Å²) in [6.07, 6.45) is 1.03. The molecule has 122 valence electrons. The summed E-state index contributed by atoms with van der Waals surface area (Å²) in [5, 5.41) is 3.13. The predicted octanol–water partition coefficient (Wildman–Crippen LogP) is 3.43. The van der Waals surface area contributed by atoms with Gasteiger partial charge in [0.1, 0.15) is 0 Å². The first kappa shape index (κ1) is 16.8. The van der Waals surface area contributed by atoms with Gasteiger partial charge in [0.25, 0.3) is 0 Å². The molecule has 1 heterocycles. The van der Waals surface area contributed by atoms with Crippen molar-refractivity contribution in [2.24, 2.45) is 5.92 Å². The summed E-state index contributed by atoms with van der Waals surface area (Å²) in [6.45, 7) is 11.3. The van der Waals surface area contributed by atoms with Crippen molar-refractivity contribution < 1.29 is 9.53 Å². The number of hydrogen-bond acceptors (Lipinski definition) is 2. The molecule has 1 aliphatic rings. The Morgan fingerprint density at radius 1 is 1.45 bits per heavy atom. The molecule has 1 fully saturated rings. The molecule has 2 atom stereocenters. The molecule has 0 saturated carbocycles. The van der Waals surface area contributed by atoms with E-state index < -0.39 is 0 Å². The smallest absolute Gasteiger partial charge is 0.317 e. The molecule has 22 heavy (non-hydrogen) atoms. The van der Waals surface area contributed by atoms with Crippen molar-refractivity contribution >= 4 is 6.03 Å². The first-order chi connectivity index (χ1) is 10.5. The minimum Gasteiger partial charge on any atom is -0.381 e. The average molecular weight is 304 g/mol. The molecule has 2 amide bonds. The fraction of sp³-hybridized carbons (Fsp3) is 0.611. The van der Waals surface area contributed by atoms with Crippen LogP contribution in [0.5, 0.6) is 0 Å². The molecule has 0 aliphatic carbocycles. The molecular formula is C18H28N2O2. The molecule has 4 heteroatoms. The van der Waals surface area contributed by atoms with E-state index in [9.17, 15) is 4.79 Å². The van der Waals surface area contributed by atoms with E-state index >= 15 is 0 Å². The SMILES string of the molecule is CCOC[C@@H]1CCN(C(=O)N[C@@H](C)c2cc(C)ccc2C)C1. The molecule has 0 unspecified atom stereocenters. The standard InChI is InChI=1S/C18H28N2O2/c1-5-22-12-16-8-9-20(11-16)18(21)19-15(4)17-10-13(2)6-7-14(17)3/h6-7,10,15-16H,5,8-9,11-12H2,1-4H3,(H,19,21)/t15-,16+/m0/s1. The van der Waals surface area contributed by atoms with Gasteiger partial charge >= 0.3 is 6.03 Å². The van der Waals surface area contributed by atoms with E-state index in [1.165, 1.54) is 16.7 Å². The van der Waals surface area contributed by atoms with Gasteiger partial charge in [0.05, 0.1) is 12.6 Å². The summed E-state index contributed by atoms with van der Waals surface area (Å²) in [4.78, 5) is 14.3. The third-order valence-electron chi connectivity index (χ3n) is 4.37. The number of urea groups is 1. The van der Waals surface area contributed by atoms with Crippen LogP contribution in [-0.4, -0.2) is 37.2 Å². The number of aryl methyl sites for hydroxylation is 2. The van der Waals surface area contributed by atoms with Gasteiger partial charge < -0.3 is 15.0 Å². The molecule has 0 aromatic heterocycles. The van der Waals surface area contributed by atoms with Gasteiger partial charge in [-0.15, -0.1) is 0 Å². The van der Waals surface area contributed by atoms with Gasteiger partial charge in [-0.3, -0.25) is 0 Å². The predicted molar refractivity (Wildman–Crippen MR) is 89.0 cm³/mol. The van der Waals surface area contributed by atoms with Crippen LogP contribution in [0.4, 0.5) is 4.79 Å². The van der Waals surface area contributed by atoms with Crippen LogP contribution in [0.15, 0.2) is 18.2 Å². The summed E-state index contributed by atoms with van der Waals surface area (Å²) < 4.78 is 5.47. The summed E-state index contributed by atoms with van der Waals surface area (Å²) in [6, 6.07) is 6.43. The highest BCUT2D eigenvalue weighted by Gasteiger charge is 2.27. The normalized spacial score (nSPS) is 19.3. The van der Waals surface area contributed by atoms with E-state index in [1.54, 1.807) is 0 Å². The van der Waals surface area contributed by atoms with Crippen LogP contribution in [-0.2, 0) is 4.74 Å². The van der Waals surface area contributed by atoms with Gasteiger partial charge in [-0.2, -0.15) is 0 Å². The fourth-order valence-electron chi connectivity index (χ4n) is 3.02. The fourth-order valence-corrected chi connectivity index (χ4v) is 3.02. The van der Waals surface area contributed by atoms with E-state index in [2.05, 4.69) is 37.4 Å². The lowest BCUT2D eigenvalue weighted by Crippen LogP contribution is -2.40. The molecule has 1 saturated heterocycles. The monoisotopic (exact) mass is 304 g/mol. The van der Waals surface area contributed by atoms with Crippen molar-refractivity contribution in [2.75, 3.05) is 26.3 Å². The molecule has 1 N–H and O–H groups in total. The molecule has 0 radical (unpaired) electrons. The number of ether oxygens (including phenoxy) is 1. The first-order valence-electron chi connectivity index (χ1n) is 8.21. The molecule has 1 aromatic carbocycles. The Balaban J connectivity index is 1.90. The Morgan fingerprint density at radius 3 is 2.95 bits per heavy atom. The van der Waals surface area contributed by atoms with Crippen LogP contribution >= 0.6 is 0 Å². The molecular weight excluding hydrogens is 276 g/mol. The molecule has 1 aromatic rings. The maximum Gasteiger partial charge on any atom is 0.317 e. The van der Waals surface area contributed by atoms with Crippen molar-refractivity contribution in [3.63, 3.8) is 0 Å². The maximum absolute atomic E-state index is 12.4. The van der Waals surface area contributed by atoms with Gasteiger partial charge in [0.2, 0.25) is 0 Å². The number of nitrogens with zero attached hydrogens (tertiary/aromatic N) is 1. The van der Waals surface area contributed by atoms with Gasteiger partial charge in [-0.05, 0) is 45.2 Å². The van der Waals surface area contributed by atoms with Crippen molar-refractivity contribution in [3.8, 4) is 0 Å². The summed E-state index contributed by atoms with van der Waals surface area (Å²) in [5.41, 5.74) is 3.63. The second-order valence-electron chi connectivity index (χ2n) is 6.29. The van der Waals surface area contributed by atoms with Crippen molar-refractivity contribution in [1.29, 1.82) is 0 Å². The summed E-state index contributed by atoms with van der Waals surface area (Å²) in [7, 11) is 0. The topological polar surface area (TPSA) is 41.6 Å². The Labute approximate surface area is 133 Å². The minimum absolute atomic E-state index is 0.0262. The lowest BCUT2D eigenvalue weighted by Gasteiger charge is -2.22. The van der Waals surface area contributed by atoms with Crippen LogP contribution in [0, 0.1) is 19.8 Å². The van der Waals surface area contributed by atoms with E-state index in [-0.39, 0.29) is 12.1 Å². The molecule has 0 bridgehead atoms. The number of amides is 2. The zero-order valence-corrected chi connectivity index (χ0v) is 14.2. The number of benzene rings is 1. The number of carbonyl (C=O) groups excluding carboxylic acids is 1. The Morgan fingerprint density at radius 2 is 2.23 bits per heavy atom. The third kappa shape index (κ3) is 4.23. The number of nitrogens with one attached hydrogen (secondary N) is 1. The van der Waals surface area contributed by atoms with Crippen molar-refractivity contribution in [1.82, 2.24) is 10.2 Å². The first-order valence-corrected chi connectivity index (χ1v) is 8.21. The van der Waals surface area contributed by atoms with Gasteiger partial charge in [-0.1, -0.05) is 23.8 Å². The van der Waals surface area contributed by atoms with E-state index in [4.69, 9.17) is 4.74 Å². The second-order valence-corrected chi connectivity index (χ2v) is 6.29. The van der Waals surface area contributed by atoms with Crippen molar-refractivity contribution in [2.45, 2.75) is 40.2 Å². The van der Waals surface area contributed by atoms with Gasteiger partial charge in [0.15, 0.2) is 0 Å². The van der Waals surface area contributed by atoms with Gasteiger partial charge in [-0.25, -0.2) is 4.79 Å². The minimum atomic E-state index is 0.0262. The lowest BCUT2D eigenvalue weighted by molar-refractivity contribution is 0.113. The van der Waals surface area contributed by atoms with Crippen LogP contribution < -0.4 is 5.32 Å². The number of likely N-dealkylation sites (tertiary alicyclic amines) is 1. The van der Waals surface area contributed by atoms with Crippen LogP contribution in [0.3, 0.4) is 0 Å². The van der Waals surface area contributed by atoms with Crippen molar-refractivity contribution in [3.05, 3.63) is 34.9 Å². The van der Waals surface area contributed by atoms with Crippen LogP contribution in [0.25, 0.3) is 0 Å². The summed E-state index contributed by atoms with van der Waals surface area (Å²) >= 11 is 0. The molecule has 4 nitrogen and oxygen atoms in total. The average Bonchev–Trinajstić information content (AvgIpc) is 2.96. The molecule has 2 rings (SSSR count). The summed E-state index contributed by atoms with van der Waals surface area (Å²) in [5.74, 6) is 0.474.